The molecular weight excluding hydrogens is 255 g/mol. The maximum atomic E-state index is 13.8. The SMILES string of the molecule is CCn1c(-c2ccc(C)c(O)c2)nc2c(F)cccc21. The molecule has 20 heavy (non-hydrogen) atoms. The van der Waals surface area contributed by atoms with E-state index in [0.717, 1.165) is 16.6 Å². The number of halogens is 1. The Morgan fingerprint density at radius 3 is 2.75 bits per heavy atom. The van der Waals surface area contributed by atoms with E-state index >= 15 is 0 Å². The number of imidazole rings is 1. The van der Waals surface area contributed by atoms with Crippen LogP contribution >= 0.6 is 0 Å². The van der Waals surface area contributed by atoms with Crippen LogP contribution in [0.4, 0.5) is 4.39 Å². The fourth-order valence-corrected chi connectivity index (χ4v) is 2.40. The first-order valence-corrected chi connectivity index (χ1v) is 6.56. The highest BCUT2D eigenvalue weighted by atomic mass is 19.1. The predicted molar refractivity (Wildman–Crippen MR) is 77.2 cm³/mol. The van der Waals surface area contributed by atoms with E-state index in [0.29, 0.717) is 17.9 Å². The molecule has 1 N–H and O–H groups in total. The molecule has 3 nitrogen and oxygen atoms in total. The summed E-state index contributed by atoms with van der Waals surface area (Å²) in [6, 6.07) is 10.3. The Morgan fingerprint density at radius 1 is 1.25 bits per heavy atom. The number of rotatable bonds is 2. The van der Waals surface area contributed by atoms with E-state index in [1.54, 1.807) is 12.1 Å². The van der Waals surface area contributed by atoms with Crippen molar-refractivity contribution in [2.45, 2.75) is 20.4 Å². The molecule has 0 saturated carbocycles. The molecule has 3 rings (SSSR count). The van der Waals surface area contributed by atoms with Gasteiger partial charge in [-0.15, -0.1) is 0 Å². The maximum absolute atomic E-state index is 13.8. The van der Waals surface area contributed by atoms with E-state index in [9.17, 15) is 9.50 Å². The first kappa shape index (κ1) is 12.7. The zero-order valence-corrected chi connectivity index (χ0v) is 11.4. The van der Waals surface area contributed by atoms with Gasteiger partial charge in [0.25, 0.3) is 0 Å². The third kappa shape index (κ3) is 1.84. The third-order valence-corrected chi connectivity index (χ3v) is 3.51. The van der Waals surface area contributed by atoms with Crippen molar-refractivity contribution in [3.05, 3.63) is 47.8 Å². The molecule has 1 aromatic heterocycles. The highest BCUT2D eigenvalue weighted by molar-refractivity contribution is 5.81. The second-order valence-corrected chi connectivity index (χ2v) is 4.79. The number of benzene rings is 2. The molecule has 1 heterocycles. The Kier molecular flexibility index (Phi) is 2.93. The highest BCUT2D eigenvalue weighted by Crippen LogP contribution is 2.29. The summed E-state index contributed by atoms with van der Waals surface area (Å²) in [4.78, 5) is 4.40. The largest absolute Gasteiger partial charge is 0.508 e. The van der Waals surface area contributed by atoms with Gasteiger partial charge >= 0.3 is 0 Å². The number of hydrogen-bond acceptors (Lipinski definition) is 2. The van der Waals surface area contributed by atoms with Crippen LogP contribution in [-0.4, -0.2) is 14.7 Å². The lowest BCUT2D eigenvalue weighted by molar-refractivity contribution is 0.471. The normalized spacial score (nSPS) is 11.2. The average molecular weight is 270 g/mol. The smallest absolute Gasteiger partial charge is 0.151 e. The number of phenolic OH excluding ortho intramolecular Hbond substituents is 1. The summed E-state index contributed by atoms with van der Waals surface area (Å²) in [5.74, 6) is 0.563. The zero-order valence-electron chi connectivity index (χ0n) is 11.4. The number of hydrogen-bond donors (Lipinski definition) is 1. The van der Waals surface area contributed by atoms with Crippen molar-refractivity contribution in [1.82, 2.24) is 9.55 Å². The first-order valence-electron chi connectivity index (χ1n) is 6.56. The second-order valence-electron chi connectivity index (χ2n) is 4.79. The molecule has 102 valence electrons. The lowest BCUT2D eigenvalue weighted by atomic mass is 10.1. The molecular formula is C16H15FN2O. The predicted octanol–water partition coefficient (Wildman–Crippen LogP) is 3.88. The minimum absolute atomic E-state index is 0.220. The summed E-state index contributed by atoms with van der Waals surface area (Å²) >= 11 is 0. The van der Waals surface area contributed by atoms with E-state index in [2.05, 4.69) is 4.98 Å². The van der Waals surface area contributed by atoms with Gasteiger partial charge in [-0.25, -0.2) is 9.37 Å². The summed E-state index contributed by atoms with van der Waals surface area (Å²) in [6.45, 7) is 4.51. The van der Waals surface area contributed by atoms with E-state index < -0.39 is 0 Å². The molecule has 0 spiro atoms. The minimum atomic E-state index is -0.327. The quantitative estimate of drug-likeness (QED) is 0.767. The fourth-order valence-electron chi connectivity index (χ4n) is 2.40. The number of fused-ring (bicyclic) bond motifs is 1. The van der Waals surface area contributed by atoms with Crippen molar-refractivity contribution in [1.29, 1.82) is 0 Å². The van der Waals surface area contributed by atoms with Crippen molar-refractivity contribution in [2.24, 2.45) is 0 Å². The number of aryl methyl sites for hydroxylation is 2. The Labute approximate surface area is 116 Å². The molecule has 0 aliphatic carbocycles. The van der Waals surface area contributed by atoms with Gasteiger partial charge < -0.3 is 9.67 Å². The molecule has 0 atom stereocenters. The molecule has 0 radical (unpaired) electrons. The molecule has 2 aromatic carbocycles. The number of phenols is 1. The van der Waals surface area contributed by atoms with Gasteiger partial charge in [0.1, 0.15) is 17.1 Å². The number of aromatic nitrogens is 2. The highest BCUT2D eigenvalue weighted by Gasteiger charge is 2.14. The molecule has 0 saturated heterocycles. The van der Waals surface area contributed by atoms with Crippen LogP contribution in [0.15, 0.2) is 36.4 Å². The Bertz CT molecular complexity index is 793. The fraction of sp³-hybridized carbons (Fsp3) is 0.188. The zero-order chi connectivity index (χ0) is 14.3. The lowest BCUT2D eigenvalue weighted by Gasteiger charge is -2.07. The van der Waals surface area contributed by atoms with E-state index in [4.69, 9.17) is 0 Å². The summed E-state index contributed by atoms with van der Waals surface area (Å²) < 4.78 is 15.8. The van der Waals surface area contributed by atoms with Crippen molar-refractivity contribution in [3.63, 3.8) is 0 Å². The molecule has 0 aliphatic heterocycles. The Balaban J connectivity index is 2.30. The van der Waals surface area contributed by atoms with Crippen LogP contribution < -0.4 is 0 Å². The summed E-state index contributed by atoms with van der Waals surface area (Å²) in [5.41, 5.74) is 2.72. The van der Waals surface area contributed by atoms with E-state index in [-0.39, 0.29) is 11.6 Å². The van der Waals surface area contributed by atoms with Crippen molar-refractivity contribution in [2.75, 3.05) is 0 Å². The van der Waals surface area contributed by atoms with Crippen molar-refractivity contribution in [3.8, 4) is 17.1 Å². The molecule has 0 fully saturated rings. The van der Waals surface area contributed by atoms with E-state index in [1.165, 1.54) is 6.07 Å². The molecule has 0 aliphatic rings. The second kappa shape index (κ2) is 4.63. The van der Waals surface area contributed by atoms with Crippen LogP contribution in [0.3, 0.4) is 0 Å². The Morgan fingerprint density at radius 2 is 2.05 bits per heavy atom. The standard InChI is InChI=1S/C16H15FN2O/c1-3-19-13-6-4-5-12(17)15(13)18-16(19)11-8-7-10(2)14(20)9-11/h4-9,20H,3H2,1-2H3. The maximum Gasteiger partial charge on any atom is 0.151 e. The van der Waals surface area contributed by atoms with Crippen LogP contribution in [0.1, 0.15) is 12.5 Å². The van der Waals surface area contributed by atoms with Gasteiger partial charge in [-0.2, -0.15) is 0 Å². The first-order chi connectivity index (χ1) is 9.61. The monoisotopic (exact) mass is 270 g/mol. The van der Waals surface area contributed by atoms with Crippen LogP contribution in [0.5, 0.6) is 5.75 Å². The molecule has 4 heteroatoms. The van der Waals surface area contributed by atoms with Gasteiger partial charge in [-0.3, -0.25) is 0 Å². The van der Waals surface area contributed by atoms with Crippen LogP contribution in [-0.2, 0) is 6.54 Å². The molecule has 0 bridgehead atoms. The van der Waals surface area contributed by atoms with Gasteiger partial charge in [0, 0.05) is 12.1 Å². The minimum Gasteiger partial charge on any atom is -0.508 e. The van der Waals surface area contributed by atoms with Gasteiger partial charge in [0.05, 0.1) is 5.52 Å². The van der Waals surface area contributed by atoms with Crippen molar-refractivity contribution >= 4 is 11.0 Å². The third-order valence-electron chi connectivity index (χ3n) is 3.51. The van der Waals surface area contributed by atoms with Gasteiger partial charge in [-0.1, -0.05) is 18.2 Å². The summed E-state index contributed by atoms with van der Waals surface area (Å²) in [7, 11) is 0. The van der Waals surface area contributed by atoms with Gasteiger partial charge in [0.2, 0.25) is 0 Å². The van der Waals surface area contributed by atoms with Crippen molar-refractivity contribution < 1.29 is 9.50 Å². The Hall–Kier alpha value is -2.36. The number of para-hydroxylation sites is 1. The van der Waals surface area contributed by atoms with Gasteiger partial charge in [-0.05, 0) is 37.6 Å². The van der Waals surface area contributed by atoms with Crippen LogP contribution in [0.2, 0.25) is 0 Å². The lowest BCUT2D eigenvalue weighted by Crippen LogP contribution is -1.97. The topological polar surface area (TPSA) is 38.0 Å². The number of aromatic hydroxyl groups is 1. The molecule has 0 amide bonds. The molecule has 3 aromatic rings. The van der Waals surface area contributed by atoms with Crippen LogP contribution in [0, 0.1) is 12.7 Å². The molecule has 0 unspecified atom stereocenters. The summed E-state index contributed by atoms with van der Waals surface area (Å²) in [5, 5.41) is 9.84. The number of nitrogens with zero attached hydrogens (tertiary/aromatic N) is 2. The summed E-state index contributed by atoms with van der Waals surface area (Å²) in [6.07, 6.45) is 0. The van der Waals surface area contributed by atoms with Crippen LogP contribution in [0.25, 0.3) is 22.4 Å². The van der Waals surface area contributed by atoms with Gasteiger partial charge in [0.15, 0.2) is 5.82 Å². The average Bonchev–Trinajstić information content (AvgIpc) is 2.82. The van der Waals surface area contributed by atoms with E-state index in [1.807, 2.05) is 36.6 Å².